The zero-order valence-electron chi connectivity index (χ0n) is 19.8. The first-order valence-corrected chi connectivity index (χ1v) is 13.7. The van der Waals surface area contributed by atoms with Gasteiger partial charge in [0.25, 0.3) is 0 Å². The molecule has 3 aromatic rings. The molecule has 34 heavy (non-hydrogen) atoms. The van der Waals surface area contributed by atoms with Crippen LogP contribution in [0.4, 0.5) is 0 Å². The molecule has 1 fully saturated rings. The zero-order valence-corrected chi connectivity index (χ0v) is 21.4. The number of ether oxygens (including phenoxy) is 2. The van der Waals surface area contributed by atoms with Crippen molar-refractivity contribution in [3.63, 3.8) is 0 Å². The molecule has 1 N–H and O–H groups in total. The quantitative estimate of drug-likeness (QED) is 0.264. The SMILES string of the molecule is CSCCCOc1cc(C)c(-c2cccc(COc3ccc(C4CC(=O)NS4)cc3)c2)c(C)n1. The lowest BCUT2D eigenvalue weighted by Crippen LogP contribution is -2.05. The Labute approximate surface area is 210 Å². The minimum atomic E-state index is 0.0872. The molecule has 1 saturated heterocycles. The van der Waals surface area contributed by atoms with Gasteiger partial charge in [-0.15, -0.1) is 0 Å². The summed E-state index contributed by atoms with van der Waals surface area (Å²) in [6.07, 6.45) is 3.65. The summed E-state index contributed by atoms with van der Waals surface area (Å²) in [4.78, 5) is 16.1. The van der Waals surface area contributed by atoms with Crippen molar-refractivity contribution in [3.8, 4) is 22.8 Å². The first-order valence-electron chi connectivity index (χ1n) is 11.4. The summed E-state index contributed by atoms with van der Waals surface area (Å²) in [5.41, 5.74) is 6.61. The normalized spacial score (nSPS) is 15.3. The summed E-state index contributed by atoms with van der Waals surface area (Å²) in [7, 11) is 0. The zero-order chi connectivity index (χ0) is 23.9. The van der Waals surface area contributed by atoms with E-state index in [-0.39, 0.29) is 11.2 Å². The average molecular weight is 495 g/mol. The molecule has 0 spiro atoms. The largest absolute Gasteiger partial charge is 0.489 e. The van der Waals surface area contributed by atoms with Crippen molar-refractivity contribution < 1.29 is 14.3 Å². The summed E-state index contributed by atoms with van der Waals surface area (Å²) in [6.45, 7) is 5.31. The Bertz CT molecular complexity index is 1110. The molecule has 0 saturated carbocycles. The summed E-state index contributed by atoms with van der Waals surface area (Å²) in [5.74, 6) is 2.68. The van der Waals surface area contributed by atoms with Gasteiger partial charge in [0.05, 0.1) is 11.9 Å². The molecule has 1 aliphatic heterocycles. The highest BCUT2D eigenvalue weighted by atomic mass is 32.2. The number of carbonyl (C=O) groups excluding carboxylic acids is 1. The van der Waals surface area contributed by atoms with E-state index in [1.54, 1.807) is 0 Å². The van der Waals surface area contributed by atoms with Crippen LogP contribution in [0.1, 0.15) is 40.5 Å². The van der Waals surface area contributed by atoms with Gasteiger partial charge in [0.2, 0.25) is 11.8 Å². The van der Waals surface area contributed by atoms with Crippen LogP contribution in [0.5, 0.6) is 11.6 Å². The van der Waals surface area contributed by atoms with Crippen LogP contribution in [0, 0.1) is 13.8 Å². The molecular weight excluding hydrogens is 464 g/mol. The van der Waals surface area contributed by atoms with Crippen LogP contribution < -0.4 is 14.2 Å². The van der Waals surface area contributed by atoms with Crippen LogP contribution in [0.3, 0.4) is 0 Å². The van der Waals surface area contributed by atoms with Gasteiger partial charge in [0.15, 0.2) is 0 Å². The number of hydrogen-bond donors (Lipinski definition) is 1. The van der Waals surface area contributed by atoms with E-state index in [9.17, 15) is 4.79 Å². The topological polar surface area (TPSA) is 60.5 Å². The maximum Gasteiger partial charge on any atom is 0.231 e. The lowest BCUT2D eigenvalue weighted by molar-refractivity contribution is -0.118. The summed E-state index contributed by atoms with van der Waals surface area (Å²) in [5, 5.41) is 0.172. The molecule has 178 valence electrons. The molecule has 1 amide bonds. The third-order valence-corrected chi connectivity index (χ3v) is 7.44. The van der Waals surface area contributed by atoms with Gasteiger partial charge in [-0.3, -0.25) is 9.52 Å². The van der Waals surface area contributed by atoms with Crippen molar-refractivity contribution in [1.82, 2.24) is 9.71 Å². The van der Waals surface area contributed by atoms with Crippen molar-refractivity contribution in [2.75, 3.05) is 18.6 Å². The summed E-state index contributed by atoms with van der Waals surface area (Å²) < 4.78 is 14.7. The maximum absolute atomic E-state index is 11.4. The van der Waals surface area contributed by atoms with Crippen LogP contribution in [0.15, 0.2) is 54.6 Å². The molecule has 2 heterocycles. The molecule has 0 aliphatic carbocycles. The molecule has 1 atom stereocenters. The van der Waals surface area contributed by atoms with Crippen molar-refractivity contribution in [3.05, 3.63) is 77.0 Å². The predicted molar refractivity (Wildman–Crippen MR) is 142 cm³/mol. The predicted octanol–water partition coefficient (Wildman–Crippen LogP) is 6.29. The van der Waals surface area contributed by atoms with E-state index in [4.69, 9.17) is 9.47 Å². The van der Waals surface area contributed by atoms with Crippen LogP contribution >= 0.6 is 23.7 Å². The third kappa shape index (κ3) is 6.27. The number of nitrogens with zero attached hydrogens (tertiary/aromatic N) is 1. The minimum absolute atomic E-state index is 0.0872. The number of nitrogens with one attached hydrogen (secondary N) is 1. The fourth-order valence-corrected chi connectivity index (χ4v) is 5.31. The highest BCUT2D eigenvalue weighted by Gasteiger charge is 2.24. The Kier molecular flexibility index (Phi) is 8.40. The van der Waals surface area contributed by atoms with E-state index < -0.39 is 0 Å². The van der Waals surface area contributed by atoms with Gasteiger partial charge in [-0.1, -0.05) is 30.3 Å². The lowest BCUT2D eigenvalue weighted by atomic mass is 9.98. The summed E-state index contributed by atoms with van der Waals surface area (Å²) in [6, 6.07) is 18.4. The van der Waals surface area contributed by atoms with Crippen LogP contribution in [0.25, 0.3) is 11.1 Å². The highest BCUT2D eigenvalue weighted by molar-refractivity contribution is 7.98. The number of benzene rings is 2. The fraction of sp³-hybridized carbons (Fsp3) is 0.333. The van der Waals surface area contributed by atoms with Crippen molar-refractivity contribution in [1.29, 1.82) is 0 Å². The number of aromatic nitrogens is 1. The number of carbonyl (C=O) groups is 1. The number of rotatable bonds is 10. The molecule has 7 heteroatoms. The molecule has 1 unspecified atom stereocenters. The smallest absolute Gasteiger partial charge is 0.231 e. The van der Waals surface area contributed by atoms with Crippen molar-refractivity contribution in [2.45, 2.75) is 38.5 Å². The van der Waals surface area contributed by atoms with Gasteiger partial charge in [0, 0.05) is 23.7 Å². The molecule has 0 radical (unpaired) electrons. The van der Waals surface area contributed by atoms with E-state index in [1.165, 1.54) is 11.9 Å². The van der Waals surface area contributed by atoms with Gasteiger partial charge in [-0.25, -0.2) is 4.98 Å². The molecular formula is C27H30N2O3S2. The molecule has 1 aromatic heterocycles. The number of thioether (sulfide) groups is 1. The monoisotopic (exact) mass is 494 g/mol. The lowest BCUT2D eigenvalue weighted by Gasteiger charge is -2.14. The number of hydrogen-bond acceptors (Lipinski definition) is 6. The van der Waals surface area contributed by atoms with Gasteiger partial charge < -0.3 is 9.47 Å². The van der Waals surface area contributed by atoms with E-state index in [1.807, 2.05) is 49.0 Å². The average Bonchev–Trinajstić information content (AvgIpc) is 3.27. The minimum Gasteiger partial charge on any atom is -0.489 e. The molecule has 2 aromatic carbocycles. The van der Waals surface area contributed by atoms with Crippen LogP contribution in [0.2, 0.25) is 0 Å². The standard InChI is InChI=1S/C27H30N2O3S2/c1-18-14-26(31-12-5-13-33-3)28-19(2)27(18)22-7-4-6-20(15-22)17-32-23-10-8-21(9-11-23)24-16-25(30)29-34-24/h4,6-11,14-15,24H,5,12-13,16-17H2,1-3H3,(H,29,30). The maximum atomic E-state index is 11.4. The molecule has 0 bridgehead atoms. The van der Waals surface area contributed by atoms with E-state index >= 15 is 0 Å². The highest BCUT2D eigenvalue weighted by Crippen LogP contribution is 2.35. The van der Waals surface area contributed by atoms with Gasteiger partial charge in [-0.2, -0.15) is 11.8 Å². The first-order chi connectivity index (χ1) is 16.5. The second-order valence-corrected chi connectivity index (χ2v) is 10.3. The Hall–Kier alpha value is -2.64. The molecule has 1 aliphatic rings. The Morgan fingerprint density at radius 2 is 1.94 bits per heavy atom. The Morgan fingerprint density at radius 3 is 2.65 bits per heavy atom. The number of amides is 1. The Morgan fingerprint density at radius 1 is 1.12 bits per heavy atom. The fourth-order valence-electron chi connectivity index (χ4n) is 4.02. The summed E-state index contributed by atoms with van der Waals surface area (Å²) >= 11 is 3.30. The number of pyridine rings is 1. The van der Waals surface area contributed by atoms with E-state index in [0.29, 0.717) is 25.5 Å². The molecule has 4 rings (SSSR count). The van der Waals surface area contributed by atoms with Crippen LogP contribution in [-0.2, 0) is 11.4 Å². The van der Waals surface area contributed by atoms with Crippen molar-refractivity contribution >= 4 is 29.6 Å². The first kappa shape index (κ1) is 24.5. The second kappa shape index (κ2) is 11.7. The van der Waals surface area contributed by atoms with Gasteiger partial charge in [0.1, 0.15) is 12.4 Å². The van der Waals surface area contributed by atoms with E-state index in [0.717, 1.165) is 51.4 Å². The van der Waals surface area contributed by atoms with Gasteiger partial charge in [-0.05, 0) is 84.7 Å². The second-order valence-electron chi connectivity index (χ2n) is 8.33. The Balaban J connectivity index is 1.40. The van der Waals surface area contributed by atoms with E-state index in [2.05, 4.69) is 47.2 Å². The van der Waals surface area contributed by atoms with Crippen LogP contribution in [-0.4, -0.2) is 29.5 Å². The third-order valence-electron chi connectivity index (χ3n) is 5.68. The van der Waals surface area contributed by atoms with Gasteiger partial charge >= 0.3 is 0 Å². The molecule has 5 nitrogen and oxygen atoms in total. The number of aryl methyl sites for hydroxylation is 2. The van der Waals surface area contributed by atoms with Crippen molar-refractivity contribution in [2.24, 2.45) is 0 Å².